The maximum atomic E-state index is 14.4. The number of methoxy groups -OCH3 is 1. The third kappa shape index (κ3) is 3.47. The minimum Gasteiger partial charge on any atom is -0.497 e. The van der Waals surface area contributed by atoms with Crippen LogP contribution in [0.2, 0.25) is 0 Å². The first kappa shape index (κ1) is 20.2. The van der Waals surface area contributed by atoms with Crippen molar-refractivity contribution in [2.75, 3.05) is 7.11 Å². The van der Waals surface area contributed by atoms with Gasteiger partial charge in [0.2, 0.25) is 9.84 Å². The molecule has 0 saturated carbocycles. The topological polar surface area (TPSA) is 56.3 Å². The number of rotatable bonds is 4. The number of fused-ring (bicyclic) bond motifs is 1. The molecule has 2 aromatic carbocycles. The lowest BCUT2D eigenvalue weighted by Gasteiger charge is -2.20. The molecular weight excluding hydrogens is 415 g/mol. The van der Waals surface area contributed by atoms with E-state index in [4.69, 9.17) is 4.74 Å². The smallest absolute Gasteiger partial charge is 0.208 e. The van der Waals surface area contributed by atoms with E-state index >= 15 is 0 Å². The number of halogens is 3. The second-order valence-corrected chi connectivity index (χ2v) is 8.67. The molecule has 0 atom stereocenters. The Hall–Kier alpha value is -3.13. The van der Waals surface area contributed by atoms with Gasteiger partial charge < -0.3 is 4.74 Å². The van der Waals surface area contributed by atoms with Crippen LogP contribution < -0.4 is 4.74 Å². The fourth-order valence-electron chi connectivity index (χ4n) is 3.51. The normalized spacial score (nSPS) is 13.5. The summed E-state index contributed by atoms with van der Waals surface area (Å²) in [6.07, 6.45) is 3.18. The van der Waals surface area contributed by atoms with Crippen LogP contribution in [0.25, 0.3) is 17.0 Å². The third-order valence-corrected chi connectivity index (χ3v) is 6.65. The average Bonchev–Trinajstić information content (AvgIpc) is 2.72. The number of nitrogens with zero attached hydrogens (tertiary/aromatic N) is 1. The summed E-state index contributed by atoms with van der Waals surface area (Å²) >= 11 is 0. The van der Waals surface area contributed by atoms with Crippen LogP contribution in [0, 0.1) is 11.6 Å². The molecular formula is C22H16F3NO3S. The van der Waals surface area contributed by atoms with Gasteiger partial charge in [-0.05, 0) is 54.3 Å². The predicted octanol–water partition coefficient (Wildman–Crippen LogP) is 5.12. The molecule has 154 valence electrons. The van der Waals surface area contributed by atoms with Crippen molar-refractivity contribution in [2.45, 2.75) is 22.6 Å². The zero-order valence-corrected chi connectivity index (χ0v) is 16.6. The number of sulfone groups is 1. The van der Waals surface area contributed by atoms with E-state index in [0.29, 0.717) is 35.8 Å². The molecule has 0 spiro atoms. The highest BCUT2D eigenvalue weighted by Crippen LogP contribution is 2.40. The lowest BCUT2D eigenvalue weighted by atomic mass is 9.92. The van der Waals surface area contributed by atoms with E-state index in [-0.39, 0.29) is 16.2 Å². The van der Waals surface area contributed by atoms with Crippen molar-refractivity contribution in [3.05, 3.63) is 77.6 Å². The van der Waals surface area contributed by atoms with Gasteiger partial charge in [0.15, 0.2) is 0 Å². The highest BCUT2D eigenvalue weighted by Gasteiger charge is 2.29. The van der Waals surface area contributed by atoms with E-state index in [1.807, 2.05) is 0 Å². The van der Waals surface area contributed by atoms with Gasteiger partial charge in [-0.3, -0.25) is 4.98 Å². The van der Waals surface area contributed by atoms with Crippen molar-refractivity contribution in [1.29, 1.82) is 0 Å². The van der Waals surface area contributed by atoms with E-state index in [0.717, 1.165) is 18.3 Å². The Morgan fingerprint density at radius 1 is 1.00 bits per heavy atom. The van der Waals surface area contributed by atoms with E-state index in [1.165, 1.54) is 13.2 Å². The Balaban J connectivity index is 2.01. The summed E-state index contributed by atoms with van der Waals surface area (Å²) in [6.45, 7) is 0. The van der Waals surface area contributed by atoms with Crippen LogP contribution in [0.3, 0.4) is 0 Å². The molecule has 8 heteroatoms. The van der Waals surface area contributed by atoms with Gasteiger partial charge >= 0.3 is 0 Å². The van der Waals surface area contributed by atoms with Gasteiger partial charge in [-0.2, -0.15) is 0 Å². The molecule has 0 radical (unpaired) electrons. The number of allylic oxidation sites excluding steroid dienone is 1. The second-order valence-electron chi connectivity index (χ2n) is 6.75. The van der Waals surface area contributed by atoms with Gasteiger partial charge in [-0.25, -0.2) is 21.6 Å². The molecule has 4 nitrogen and oxygen atoms in total. The zero-order chi connectivity index (χ0) is 21.5. The maximum absolute atomic E-state index is 14.4. The Morgan fingerprint density at radius 3 is 2.30 bits per heavy atom. The SMILES string of the molecule is COc1ccc(-c2c(S(=O)(=O)c3cc(F)cc(F)c3)cnc3c2CCC=C3F)cc1. The fourth-order valence-corrected chi connectivity index (χ4v) is 5.00. The number of ether oxygens (including phenoxy) is 1. The van der Waals surface area contributed by atoms with Gasteiger partial charge in [0.25, 0.3) is 0 Å². The molecule has 0 unspecified atom stereocenters. The molecule has 4 rings (SSSR count). The summed E-state index contributed by atoms with van der Waals surface area (Å²) in [5.74, 6) is -2.00. The van der Waals surface area contributed by atoms with Crippen molar-refractivity contribution in [3.63, 3.8) is 0 Å². The van der Waals surface area contributed by atoms with Crippen LogP contribution >= 0.6 is 0 Å². The first-order valence-electron chi connectivity index (χ1n) is 9.05. The van der Waals surface area contributed by atoms with Crippen molar-refractivity contribution in [1.82, 2.24) is 4.98 Å². The van der Waals surface area contributed by atoms with Gasteiger partial charge in [0, 0.05) is 17.8 Å². The fraction of sp³-hybridized carbons (Fsp3) is 0.136. The minimum absolute atomic E-state index is 0.0661. The molecule has 0 bridgehead atoms. The number of aromatic nitrogens is 1. The molecule has 0 fully saturated rings. The monoisotopic (exact) mass is 431 g/mol. The number of hydrogen-bond donors (Lipinski definition) is 0. The van der Waals surface area contributed by atoms with Crippen LogP contribution in [0.15, 0.2) is 64.5 Å². The number of pyridine rings is 1. The quantitative estimate of drug-likeness (QED) is 0.575. The van der Waals surface area contributed by atoms with Gasteiger partial charge in [-0.1, -0.05) is 12.1 Å². The molecule has 0 saturated heterocycles. The van der Waals surface area contributed by atoms with Crippen LogP contribution in [-0.2, 0) is 16.3 Å². The lowest BCUT2D eigenvalue weighted by Crippen LogP contribution is -2.11. The van der Waals surface area contributed by atoms with Gasteiger partial charge in [0.05, 0.1) is 16.9 Å². The first-order valence-corrected chi connectivity index (χ1v) is 10.5. The Kier molecular flexibility index (Phi) is 5.11. The van der Waals surface area contributed by atoms with Crippen LogP contribution in [0.4, 0.5) is 13.2 Å². The van der Waals surface area contributed by atoms with Crippen molar-refractivity contribution < 1.29 is 26.3 Å². The van der Waals surface area contributed by atoms with E-state index in [1.54, 1.807) is 24.3 Å². The van der Waals surface area contributed by atoms with Crippen LogP contribution in [0.5, 0.6) is 5.75 Å². The van der Waals surface area contributed by atoms with Gasteiger partial charge in [-0.15, -0.1) is 0 Å². The van der Waals surface area contributed by atoms with Crippen LogP contribution in [-0.4, -0.2) is 20.5 Å². The van der Waals surface area contributed by atoms with Crippen LogP contribution in [0.1, 0.15) is 17.7 Å². The predicted molar refractivity (Wildman–Crippen MR) is 105 cm³/mol. The minimum atomic E-state index is -4.35. The molecule has 30 heavy (non-hydrogen) atoms. The summed E-state index contributed by atoms with van der Waals surface area (Å²) in [5, 5.41) is 0. The summed E-state index contributed by atoms with van der Waals surface area (Å²) in [4.78, 5) is 3.24. The number of benzene rings is 2. The second kappa shape index (κ2) is 7.60. The summed E-state index contributed by atoms with van der Waals surface area (Å²) in [7, 11) is -2.85. The molecule has 0 aliphatic heterocycles. The number of hydrogen-bond acceptors (Lipinski definition) is 4. The van der Waals surface area contributed by atoms with E-state index in [2.05, 4.69) is 4.98 Å². The van der Waals surface area contributed by atoms with Gasteiger partial charge in [0.1, 0.15) is 28.9 Å². The average molecular weight is 431 g/mol. The standard InChI is InChI=1S/C22H16F3NO3S/c1-29-16-7-5-13(6-8-16)21-18-3-2-4-19(25)22(18)26-12-20(21)30(27,28)17-10-14(23)9-15(24)11-17/h4-12H,2-3H2,1H3. The molecule has 1 aliphatic rings. The van der Waals surface area contributed by atoms with Crippen molar-refractivity contribution >= 4 is 15.7 Å². The van der Waals surface area contributed by atoms with E-state index in [9.17, 15) is 21.6 Å². The summed E-state index contributed by atoms with van der Waals surface area (Å²) in [6, 6.07) is 8.68. The molecule has 1 heterocycles. The molecule has 3 aromatic rings. The Morgan fingerprint density at radius 2 is 1.67 bits per heavy atom. The Labute approximate surface area is 171 Å². The Bertz CT molecular complexity index is 1250. The highest BCUT2D eigenvalue weighted by atomic mass is 32.2. The highest BCUT2D eigenvalue weighted by molar-refractivity contribution is 7.91. The third-order valence-electron chi connectivity index (χ3n) is 4.90. The molecule has 1 aromatic heterocycles. The van der Waals surface area contributed by atoms with E-state index < -0.39 is 32.2 Å². The molecule has 0 N–H and O–H groups in total. The zero-order valence-electron chi connectivity index (χ0n) is 15.8. The largest absolute Gasteiger partial charge is 0.497 e. The van der Waals surface area contributed by atoms with Crippen molar-refractivity contribution in [3.8, 4) is 16.9 Å². The molecule has 0 amide bonds. The van der Waals surface area contributed by atoms with Crippen molar-refractivity contribution in [2.24, 2.45) is 0 Å². The summed E-state index contributed by atoms with van der Waals surface area (Å²) < 4.78 is 73.6. The summed E-state index contributed by atoms with van der Waals surface area (Å²) in [5.41, 5.74) is 1.25. The molecule has 1 aliphatic carbocycles. The first-order chi connectivity index (χ1) is 14.3. The maximum Gasteiger partial charge on any atom is 0.208 e. The lowest BCUT2D eigenvalue weighted by molar-refractivity contribution is 0.415.